The Morgan fingerprint density at radius 3 is 2.92 bits per heavy atom. The van der Waals surface area contributed by atoms with E-state index in [4.69, 9.17) is 9.47 Å². The molecule has 3 rings (SSSR count). The Hall–Kier alpha value is -2.20. The Morgan fingerprint density at radius 2 is 2.23 bits per heavy atom. The van der Waals surface area contributed by atoms with Crippen molar-refractivity contribution in [2.75, 3.05) is 19.8 Å². The van der Waals surface area contributed by atoms with Crippen LogP contribution in [0.2, 0.25) is 0 Å². The number of carbonyl (C=O) groups excluding carboxylic acids is 1. The van der Waals surface area contributed by atoms with Crippen LogP contribution < -0.4 is 5.32 Å². The summed E-state index contributed by atoms with van der Waals surface area (Å²) in [5.74, 6) is -0.571. The van der Waals surface area contributed by atoms with E-state index in [1.54, 1.807) is 0 Å². The van der Waals surface area contributed by atoms with Crippen LogP contribution in [0.4, 0.5) is 13.2 Å². The molecule has 1 aliphatic heterocycles. The van der Waals surface area contributed by atoms with E-state index in [9.17, 15) is 18.0 Å². The first-order valence-electron chi connectivity index (χ1n) is 8.24. The smallest absolute Gasteiger partial charge is 0.379 e. The van der Waals surface area contributed by atoms with Crippen LogP contribution in [-0.4, -0.2) is 52.5 Å². The lowest BCUT2D eigenvalue weighted by atomic mass is 10.1. The van der Waals surface area contributed by atoms with Crippen molar-refractivity contribution in [1.82, 2.24) is 19.9 Å². The predicted octanol–water partition coefficient (Wildman–Crippen LogP) is 1.98. The number of hydrogen-bond acceptors (Lipinski definition) is 5. The Kier molecular flexibility index (Phi) is 5.15. The number of nitrogens with zero attached hydrogens (tertiary/aromatic N) is 3. The fourth-order valence-electron chi connectivity index (χ4n) is 2.91. The van der Waals surface area contributed by atoms with Crippen LogP contribution in [0.15, 0.2) is 12.1 Å². The molecule has 2 aromatic heterocycles. The summed E-state index contributed by atoms with van der Waals surface area (Å²) in [5, 5.41) is 6.58. The molecular formula is C16H19F3N4O3. The van der Waals surface area contributed by atoms with Crippen LogP contribution in [0.25, 0.3) is 5.65 Å². The number of carbonyl (C=O) groups is 1. The fraction of sp³-hybridized carbons (Fsp3) is 0.562. The number of aryl methyl sites for hydroxylation is 1. The van der Waals surface area contributed by atoms with Gasteiger partial charge in [-0.05, 0) is 26.3 Å². The molecule has 0 spiro atoms. The van der Waals surface area contributed by atoms with Crippen molar-refractivity contribution in [3.8, 4) is 0 Å². The average Bonchev–Trinajstić information content (AvgIpc) is 2.99. The maximum absolute atomic E-state index is 13.2. The van der Waals surface area contributed by atoms with E-state index in [1.165, 1.54) is 13.0 Å². The summed E-state index contributed by atoms with van der Waals surface area (Å²) in [6, 6.07) is 1.84. The lowest BCUT2D eigenvalue weighted by Gasteiger charge is -2.31. The van der Waals surface area contributed by atoms with Gasteiger partial charge in [-0.15, -0.1) is 0 Å². The van der Waals surface area contributed by atoms with Crippen molar-refractivity contribution < 1.29 is 27.4 Å². The third-order valence-electron chi connectivity index (χ3n) is 4.08. The van der Waals surface area contributed by atoms with Gasteiger partial charge < -0.3 is 14.8 Å². The van der Waals surface area contributed by atoms with Gasteiger partial charge in [0.15, 0.2) is 11.3 Å². The van der Waals surface area contributed by atoms with Crippen molar-refractivity contribution in [3.05, 3.63) is 29.2 Å². The van der Waals surface area contributed by atoms with Crippen LogP contribution in [0, 0.1) is 6.92 Å². The summed E-state index contributed by atoms with van der Waals surface area (Å²) >= 11 is 0. The number of halogens is 3. The van der Waals surface area contributed by atoms with Gasteiger partial charge in [0, 0.05) is 25.0 Å². The van der Waals surface area contributed by atoms with Crippen LogP contribution in [0.1, 0.15) is 35.2 Å². The second-order valence-corrected chi connectivity index (χ2v) is 6.02. The minimum absolute atomic E-state index is 0.0317. The molecule has 2 atom stereocenters. The molecular weight excluding hydrogens is 353 g/mol. The standard InChI is InChI=1S/C16H19F3N4O3/c1-3-26-12-8-25-5-4-10(12)21-15(24)11-7-14-20-9(2)6-13(16(17,18)19)23(14)22-11/h6-7,10,12H,3-5,8H2,1-2H3,(H,21,24). The number of rotatable bonds is 4. The first kappa shape index (κ1) is 18.6. The molecule has 0 saturated carbocycles. The summed E-state index contributed by atoms with van der Waals surface area (Å²) in [4.78, 5) is 16.5. The highest BCUT2D eigenvalue weighted by Gasteiger charge is 2.35. The van der Waals surface area contributed by atoms with E-state index < -0.39 is 17.8 Å². The van der Waals surface area contributed by atoms with E-state index in [0.29, 0.717) is 30.8 Å². The van der Waals surface area contributed by atoms with Crippen molar-refractivity contribution in [3.63, 3.8) is 0 Å². The normalized spacial score (nSPS) is 21.1. The molecule has 26 heavy (non-hydrogen) atoms. The Morgan fingerprint density at radius 1 is 1.46 bits per heavy atom. The number of ether oxygens (including phenoxy) is 2. The Balaban J connectivity index is 1.87. The first-order chi connectivity index (χ1) is 12.3. The number of nitrogens with one attached hydrogen (secondary N) is 1. The summed E-state index contributed by atoms with van der Waals surface area (Å²) in [7, 11) is 0. The summed E-state index contributed by atoms with van der Waals surface area (Å²) in [6.07, 6.45) is -4.36. The maximum Gasteiger partial charge on any atom is 0.433 e. The molecule has 2 unspecified atom stereocenters. The van der Waals surface area contributed by atoms with Crippen LogP contribution >= 0.6 is 0 Å². The zero-order valence-electron chi connectivity index (χ0n) is 14.3. The topological polar surface area (TPSA) is 77.8 Å². The molecule has 3 heterocycles. The summed E-state index contributed by atoms with van der Waals surface area (Å²) < 4.78 is 51.1. The van der Waals surface area contributed by atoms with E-state index in [0.717, 1.165) is 6.07 Å². The monoisotopic (exact) mass is 372 g/mol. The molecule has 142 valence electrons. The van der Waals surface area contributed by atoms with Gasteiger partial charge in [0.1, 0.15) is 11.8 Å². The van der Waals surface area contributed by atoms with Crippen molar-refractivity contribution >= 4 is 11.6 Å². The molecule has 2 aromatic rings. The van der Waals surface area contributed by atoms with Gasteiger partial charge in [-0.25, -0.2) is 9.50 Å². The van der Waals surface area contributed by atoms with E-state index in [-0.39, 0.29) is 29.2 Å². The van der Waals surface area contributed by atoms with Crippen molar-refractivity contribution in [2.45, 2.75) is 38.6 Å². The lowest BCUT2D eigenvalue weighted by Crippen LogP contribution is -2.50. The van der Waals surface area contributed by atoms with Gasteiger partial charge in [-0.3, -0.25) is 4.79 Å². The quantitative estimate of drug-likeness (QED) is 0.888. The van der Waals surface area contributed by atoms with Gasteiger partial charge in [0.2, 0.25) is 0 Å². The second kappa shape index (κ2) is 7.20. The molecule has 1 saturated heterocycles. The summed E-state index contributed by atoms with van der Waals surface area (Å²) in [5.41, 5.74) is -0.944. The van der Waals surface area contributed by atoms with Crippen LogP contribution in [-0.2, 0) is 15.7 Å². The van der Waals surface area contributed by atoms with Crippen molar-refractivity contribution in [2.24, 2.45) is 0 Å². The van der Waals surface area contributed by atoms with Gasteiger partial charge in [0.05, 0.1) is 12.6 Å². The highest BCUT2D eigenvalue weighted by atomic mass is 19.4. The van der Waals surface area contributed by atoms with Gasteiger partial charge in [-0.1, -0.05) is 0 Å². The largest absolute Gasteiger partial charge is 0.433 e. The number of aromatic nitrogens is 3. The molecule has 0 radical (unpaired) electrons. The van der Waals surface area contributed by atoms with E-state index in [2.05, 4.69) is 15.4 Å². The third-order valence-corrected chi connectivity index (χ3v) is 4.08. The number of amides is 1. The van der Waals surface area contributed by atoms with E-state index >= 15 is 0 Å². The number of alkyl halides is 3. The van der Waals surface area contributed by atoms with Crippen LogP contribution in [0.3, 0.4) is 0 Å². The minimum atomic E-state index is -4.60. The maximum atomic E-state index is 13.2. The SMILES string of the molecule is CCOC1COCCC1NC(=O)c1cc2nc(C)cc(C(F)(F)F)n2n1. The number of hydrogen-bond donors (Lipinski definition) is 1. The van der Waals surface area contributed by atoms with Gasteiger partial charge >= 0.3 is 6.18 Å². The molecule has 10 heteroatoms. The highest BCUT2D eigenvalue weighted by Crippen LogP contribution is 2.29. The lowest BCUT2D eigenvalue weighted by molar-refractivity contribution is -0.142. The molecule has 1 amide bonds. The molecule has 1 aliphatic rings. The molecule has 7 nitrogen and oxygen atoms in total. The Labute approximate surface area is 147 Å². The van der Waals surface area contributed by atoms with Gasteiger partial charge in [0.25, 0.3) is 5.91 Å². The molecule has 0 aliphatic carbocycles. The van der Waals surface area contributed by atoms with E-state index in [1.807, 2.05) is 6.92 Å². The fourth-order valence-corrected chi connectivity index (χ4v) is 2.91. The minimum Gasteiger partial charge on any atom is -0.379 e. The Bertz CT molecular complexity index is 804. The highest BCUT2D eigenvalue weighted by molar-refractivity contribution is 5.93. The van der Waals surface area contributed by atoms with Crippen molar-refractivity contribution in [1.29, 1.82) is 0 Å². The first-order valence-corrected chi connectivity index (χ1v) is 8.24. The van der Waals surface area contributed by atoms with Crippen LogP contribution in [0.5, 0.6) is 0 Å². The number of fused-ring (bicyclic) bond motifs is 1. The summed E-state index contributed by atoms with van der Waals surface area (Å²) in [6.45, 7) is 4.58. The predicted molar refractivity (Wildman–Crippen MR) is 84.8 cm³/mol. The zero-order valence-corrected chi connectivity index (χ0v) is 14.3. The molecule has 0 bridgehead atoms. The molecule has 0 aromatic carbocycles. The average molecular weight is 372 g/mol. The second-order valence-electron chi connectivity index (χ2n) is 6.02. The van der Waals surface area contributed by atoms with Gasteiger partial charge in [-0.2, -0.15) is 18.3 Å². The third kappa shape index (κ3) is 3.80. The zero-order chi connectivity index (χ0) is 18.9. The molecule has 1 fully saturated rings. The molecule has 1 N–H and O–H groups in total.